The maximum Gasteiger partial charge on any atom is 0.433 e. The van der Waals surface area contributed by atoms with Crippen molar-refractivity contribution in [1.82, 2.24) is 4.98 Å². The number of rotatable bonds is 4. The van der Waals surface area contributed by atoms with Gasteiger partial charge in [-0.3, -0.25) is 9.59 Å². The van der Waals surface area contributed by atoms with E-state index in [0.717, 1.165) is 6.07 Å². The van der Waals surface area contributed by atoms with Gasteiger partial charge in [0.25, 0.3) is 0 Å². The number of hydrogen-bond donors (Lipinski definition) is 1. The second-order valence-corrected chi connectivity index (χ2v) is 6.48. The Labute approximate surface area is 147 Å². The lowest BCUT2D eigenvalue weighted by molar-refractivity contribution is -0.141. The molecule has 0 spiro atoms. The molecule has 1 aromatic rings. The molecular weight excluding hydrogens is 351 g/mol. The van der Waals surface area contributed by atoms with Crippen molar-refractivity contribution in [3.05, 3.63) is 34.7 Å². The predicted molar refractivity (Wildman–Crippen MR) is 85.0 cm³/mol. The summed E-state index contributed by atoms with van der Waals surface area (Å²) in [6.07, 6.45) is -3.00. The number of hydrogen-bond acceptors (Lipinski definition) is 5. The number of allylic oxidation sites excluding steroid dienone is 1. The molecule has 0 radical (unpaired) electrons. The molecule has 1 heterocycles. The first-order valence-electron chi connectivity index (χ1n) is 8.41. The molecule has 2 bridgehead atoms. The molecule has 3 rings (SSSR count). The summed E-state index contributed by atoms with van der Waals surface area (Å²) in [5.41, 5.74) is -1.69. The lowest BCUT2D eigenvalue weighted by atomic mass is 9.81. The Kier molecular flexibility index (Phi) is 4.88. The summed E-state index contributed by atoms with van der Waals surface area (Å²) < 4.78 is 43.9. The average molecular weight is 369 g/mol. The zero-order valence-corrected chi connectivity index (χ0v) is 14.1. The van der Waals surface area contributed by atoms with Gasteiger partial charge in [-0.2, -0.15) is 13.2 Å². The Morgan fingerprint density at radius 3 is 2.38 bits per heavy atom. The second-order valence-electron chi connectivity index (χ2n) is 6.48. The molecule has 2 aliphatic rings. The van der Waals surface area contributed by atoms with Gasteiger partial charge in [-0.25, -0.2) is 4.98 Å². The number of ketones is 2. The van der Waals surface area contributed by atoms with Crippen molar-refractivity contribution in [2.45, 2.75) is 39.0 Å². The van der Waals surface area contributed by atoms with Crippen molar-refractivity contribution in [3.8, 4) is 0 Å². The summed E-state index contributed by atoms with van der Waals surface area (Å²) in [4.78, 5) is 28.5. The van der Waals surface area contributed by atoms with E-state index in [2.05, 4.69) is 4.98 Å². The number of nitrogens with zero attached hydrogens (tertiary/aromatic N) is 1. The van der Waals surface area contributed by atoms with Gasteiger partial charge < -0.3 is 9.84 Å². The van der Waals surface area contributed by atoms with Crippen LogP contribution in [0, 0.1) is 11.8 Å². The normalized spacial score (nSPS) is 22.8. The molecule has 0 amide bonds. The highest BCUT2D eigenvalue weighted by atomic mass is 19.4. The second kappa shape index (κ2) is 6.83. The van der Waals surface area contributed by atoms with E-state index in [0.29, 0.717) is 25.3 Å². The minimum Gasteiger partial charge on any atom is -0.506 e. The fourth-order valence-electron chi connectivity index (χ4n) is 3.54. The third-order valence-corrected chi connectivity index (χ3v) is 4.87. The number of carbonyl (C=O) groups is 2. The van der Waals surface area contributed by atoms with E-state index in [1.165, 1.54) is 0 Å². The van der Waals surface area contributed by atoms with Gasteiger partial charge >= 0.3 is 6.18 Å². The van der Waals surface area contributed by atoms with E-state index in [-0.39, 0.29) is 41.9 Å². The van der Waals surface area contributed by atoms with Gasteiger partial charge in [-0.05, 0) is 38.3 Å². The molecule has 2 aliphatic carbocycles. The standard InChI is InChI=1S/C18H18F3NO4/c1-2-26-8-12-11(5-6-13(22-12)18(19,20)21)17(25)14-15(23)9-3-4-10(7-9)16(14)24/h5-6,9-10,25H,2-4,7-8H2,1H3. The fourth-order valence-corrected chi connectivity index (χ4v) is 3.54. The minimum atomic E-state index is -4.65. The molecule has 8 heteroatoms. The number of aromatic nitrogens is 1. The Morgan fingerprint density at radius 2 is 1.85 bits per heavy atom. The third kappa shape index (κ3) is 3.25. The molecule has 2 fully saturated rings. The smallest absolute Gasteiger partial charge is 0.433 e. The van der Waals surface area contributed by atoms with Crippen LogP contribution >= 0.6 is 0 Å². The maximum atomic E-state index is 12.9. The maximum absolute atomic E-state index is 12.9. The predicted octanol–water partition coefficient (Wildman–Crippen LogP) is 3.47. The quantitative estimate of drug-likeness (QED) is 0.500. The highest BCUT2D eigenvalue weighted by Gasteiger charge is 2.45. The van der Waals surface area contributed by atoms with Gasteiger partial charge in [-0.1, -0.05) is 0 Å². The summed E-state index contributed by atoms with van der Waals surface area (Å²) >= 11 is 0. The van der Waals surface area contributed by atoms with E-state index >= 15 is 0 Å². The average Bonchev–Trinajstić information content (AvgIpc) is 3.04. The molecule has 2 unspecified atom stereocenters. The molecule has 5 nitrogen and oxygen atoms in total. The van der Waals surface area contributed by atoms with Crippen LogP contribution in [0.1, 0.15) is 43.1 Å². The lowest BCUT2D eigenvalue weighted by Gasteiger charge is -2.21. The van der Waals surface area contributed by atoms with Crippen molar-refractivity contribution in [3.63, 3.8) is 0 Å². The van der Waals surface area contributed by atoms with E-state index in [4.69, 9.17) is 4.74 Å². The topological polar surface area (TPSA) is 76.5 Å². The molecule has 26 heavy (non-hydrogen) atoms. The van der Waals surface area contributed by atoms with Gasteiger partial charge in [0, 0.05) is 24.0 Å². The van der Waals surface area contributed by atoms with Crippen LogP contribution in [0.5, 0.6) is 0 Å². The van der Waals surface area contributed by atoms with Crippen LogP contribution in [0.2, 0.25) is 0 Å². The van der Waals surface area contributed by atoms with E-state index < -0.39 is 29.2 Å². The minimum absolute atomic E-state index is 0.0792. The Morgan fingerprint density at radius 1 is 1.23 bits per heavy atom. The van der Waals surface area contributed by atoms with E-state index in [1.54, 1.807) is 6.92 Å². The lowest BCUT2D eigenvalue weighted by Crippen LogP contribution is -2.30. The molecule has 140 valence electrons. The largest absolute Gasteiger partial charge is 0.506 e. The molecule has 2 saturated carbocycles. The summed E-state index contributed by atoms with van der Waals surface area (Å²) in [6.45, 7) is 1.62. The zero-order valence-electron chi connectivity index (χ0n) is 14.1. The molecular formula is C18H18F3NO4. The Bertz CT molecular complexity index is 761. The number of halogens is 3. The van der Waals surface area contributed by atoms with Crippen molar-refractivity contribution in [2.24, 2.45) is 11.8 Å². The highest BCUT2D eigenvalue weighted by molar-refractivity contribution is 6.27. The Hall–Kier alpha value is -2.22. The van der Waals surface area contributed by atoms with Crippen molar-refractivity contribution >= 4 is 17.3 Å². The number of Topliss-reactive ketones (excluding diaryl/α,β-unsaturated/α-hetero) is 2. The monoisotopic (exact) mass is 369 g/mol. The number of aliphatic hydroxyl groups excluding tert-OH is 1. The van der Waals surface area contributed by atoms with E-state index in [9.17, 15) is 27.9 Å². The van der Waals surface area contributed by atoms with Crippen LogP contribution in [0.3, 0.4) is 0 Å². The molecule has 2 atom stereocenters. The summed E-state index contributed by atoms with van der Waals surface area (Å²) in [6, 6.07) is 1.75. The number of pyridine rings is 1. The van der Waals surface area contributed by atoms with Gasteiger partial charge in [0.15, 0.2) is 11.6 Å². The first-order chi connectivity index (χ1) is 12.2. The van der Waals surface area contributed by atoms with Gasteiger partial charge in [0.1, 0.15) is 17.0 Å². The molecule has 0 aliphatic heterocycles. The molecule has 1 aromatic heterocycles. The van der Waals surface area contributed by atoms with Crippen LogP contribution < -0.4 is 0 Å². The van der Waals surface area contributed by atoms with Gasteiger partial charge in [0.05, 0.1) is 12.3 Å². The summed E-state index contributed by atoms with van der Waals surface area (Å²) in [5, 5.41) is 10.6. The zero-order chi connectivity index (χ0) is 19.1. The van der Waals surface area contributed by atoms with Crippen LogP contribution in [0.4, 0.5) is 13.2 Å². The first-order valence-corrected chi connectivity index (χ1v) is 8.41. The van der Waals surface area contributed by atoms with Crippen molar-refractivity contribution in [2.75, 3.05) is 6.61 Å². The van der Waals surface area contributed by atoms with Crippen LogP contribution in [-0.2, 0) is 27.1 Å². The first kappa shape index (κ1) is 18.6. The van der Waals surface area contributed by atoms with Crippen LogP contribution in [0.15, 0.2) is 17.7 Å². The van der Waals surface area contributed by atoms with Crippen LogP contribution in [-0.4, -0.2) is 28.3 Å². The van der Waals surface area contributed by atoms with E-state index in [1.807, 2.05) is 0 Å². The molecule has 1 N–H and O–H groups in total. The number of alkyl halides is 3. The number of aliphatic hydroxyl groups is 1. The SMILES string of the molecule is CCOCc1nc(C(F)(F)F)ccc1C(O)=C1C(=O)C2CCC(C2)C1=O. The van der Waals surface area contributed by atoms with Gasteiger partial charge in [0.2, 0.25) is 0 Å². The molecule has 0 saturated heterocycles. The summed E-state index contributed by atoms with van der Waals surface area (Å²) in [5.74, 6) is -2.11. The van der Waals surface area contributed by atoms with Crippen LogP contribution in [0.25, 0.3) is 5.76 Å². The third-order valence-electron chi connectivity index (χ3n) is 4.87. The van der Waals surface area contributed by atoms with Crippen molar-refractivity contribution in [1.29, 1.82) is 0 Å². The van der Waals surface area contributed by atoms with Gasteiger partial charge in [-0.15, -0.1) is 0 Å². The highest BCUT2D eigenvalue weighted by Crippen LogP contribution is 2.42. The number of fused-ring (bicyclic) bond motifs is 2. The summed E-state index contributed by atoms with van der Waals surface area (Å²) in [7, 11) is 0. The number of carbonyl (C=O) groups excluding carboxylic acids is 2. The van der Waals surface area contributed by atoms with Crippen molar-refractivity contribution < 1.29 is 32.6 Å². The molecule has 0 aromatic carbocycles. The number of ether oxygens (including phenoxy) is 1. The Balaban J connectivity index is 2.09. The fraction of sp³-hybridized carbons (Fsp3) is 0.500.